The molecule has 1 rings (SSSR count). The Morgan fingerprint density at radius 3 is 2.70 bits per heavy atom. The number of imide groups is 1. The molecule has 0 aliphatic carbocycles. The first-order valence-corrected chi connectivity index (χ1v) is 2.90. The summed E-state index contributed by atoms with van der Waals surface area (Å²) in [5, 5.41) is 0.632. The molecule has 0 aromatic rings. The average Bonchev–Trinajstić information content (AvgIpc) is 1.82. The second-order valence-electron chi connectivity index (χ2n) is 2.27. The number of amides is 2. The topological polar surface area (TPSA) is 63.4 Å². The summed E-state index contributed by atoms with van der Waals surface area (Å²) < 4.78 is 0. The standard InChI is InChI=1S/C6H8N2O2/c1-4-2-5(9)8(7)6(10)3-4/h2H,3,7H2,1H3. The molecule has 0 saturated carbocycles. The molecule has 0 spiro atoms. The van der Waals surface area contributed by atoms with Gasteiger partial charge in [-0.2, -0.15) is 0 Å². The molecule has 1 aliphatic heterocycles. The fraction of sp³-hybridized carbons (Fsp3) is 0.333. The van der Waals surface area contributed by atoms with Gasteiger partial charge in [0.25, 0.3) is 5.91 Å². The summed E-state index contributed by atoms with van der Waals surface area (Å²) in [6.45, 7) is 1.72. The Labute approximate surface area is 58.3 Å². The van der Waals surface area contributed by atoms with Crippen molar-refractivity contribution in [1.82, 2.24) is 5.01 Å². The number of hydrogen-bond acceptors (Lipinski definition) is 3. The Morgan fingerprint density at radius 1 is 1.60 bits per heavy atom. The number of hydrazine groups is 1. The number of nitrogens with zero attached hydrogens (tertiary/aromatic N) is 1. The minimum atomic E-state index is -0.436. The maximum Gasteiger partial charge on any atom is 0.267 e. The minimum Gasteiger partial charge on any atom is -0.273 e. The Bertz CT molecular complexity index is 220. The first-order valence-electron chi connectivity index (χ1n) is 2.90. The van der Waals surface area contributed by atoms with Crippen LogP contribution in [0, 0.1) is 0 Å². The Kier molecular flexibility index (Phi) is 1.55. The van der Waals surface area contributed by atoms with Gasteiger partial charge in [-0.1, -0.05) is 5.57 Å². The van der Waals surface area contributed by atoms with Crippen LogP contribution in [0.5, 0.6) is 0 Å². The van der Waals surface area contributed by atoms with E-state index in [9.17, 15) is 9.59 Å². The number of nitrogens with two attached hydrogens (primary N) is 1. The van der Waals surface area contributed by atoms with E-state index in [0.717, 1.165) is 5.57 Å². The predicted molar refractivity (Wildman–Crippen MR) is 34.4 cm³/mol. The molecule has 0 atom stereocenters. The highest BCUT2D eigenvalue weighted by molar-refractivity contribution is 6.04. The van der Waals surface area contributed by atoms with Gasteiger partial charge in [0, 0.05) is 12.5 Å². The Balaban J connectivity index is 2.89. The summed E-state index contributed by atoms with van der Waals surface area (Å²) in [5.41, 5.74) is 0.761. The molecule has 0 aromatic carbocycles. The van der Waals surface area contributed by atoms with Gasteiger partial charge in [0.2, 0.25) is 5.91 Å². The van der Waals surface area contributed by atoms with Crippen molar-refractivity contribution >= 4 is 11.8 Å². The lowest BCUT2D eigenvalue weighted by atomic mass is 10.1. The van der Waals surface area contributed by atoms with Crippen LogP contribution in [0.2, 0.25) is 0 Å². The van der Waals surface area contributed by atoms with Crippen LogP contribution in [0.15, 0.2) is 11.6 Å². The van der Waals surface area contributed by atoms with Gasteiger partial charge in [0.1, 0.15) is 0 Å². The van der Waals surface area contributed by atoms with E-state index in [4.69, 9.17) is 5.84 Å². The number of carbonyl (C=O) groups is 2. The van der Waals surface area contributed by atoms with Crippen molar-refractivity contribution in [3.8, 4) is 0 Å². The van der Waals surface area contributed by atoms with Crippen LogP contribution >= 0.6 is 0 Å². The number of carbonyl (C=O) groups excluding carboxylic acids is 2. The smallest absolute Gasteiger partial charge is 0.267 e. The van der Waals surface area contributed by atoms with Gasteiger partial charge >= 0.3 is 0 Å². The quantitative estimate of drug-likeness (QED) is 0.282. The molecule has 4 heteroatoms. The zero-order valence-corrected chi connectivity index (χ0v) is 5.63. The molecular formula is C6H8N2O2. The molecule has 0 unspecified atom stereocenters. The van der Waals surface area contributed by atoms with Gasteiger partial charge in [0.15, 0.2) is 0 Å². The molecule has 10 heavy (non-hydrogen) atoms. The van der Waals surface area contributed by atoms with Crippen molar-refractivity contribution in [2.45, 2.75) is 13.3 Å². The van der Waals surface area contributed by atoms with E-state index in [-0.39, 0.29) is 12.3 Å². The van der Waals surface area contributed by atoms with Crippen LogP contribution in [-0.2, 0) is 9.59 Å². The molecular weight excluding hydrogens is 132 g/mol. The summed E-state index contributed by atoms with van der Waals surface area (Å²) in [7, 11) is 0. The summed E-state index contributed by atoms with van der Waals surface area (Å²) in [6, 6.07) is 0. The summed E-state index contributed by atoms with van der Waals surface area (Å²) in [4.78, 5) is 21.5. The molecule has 2 amide bonds. The van der Waals surface area contributed by atoms with Crippen LogP contribution in [0.1, 0.15) is 13.3 Å². The van der Waals surface area contributed by atoms with E-state index >= 15 is 0 Å². The van der Waals surface area contributed by atoms with Crippen molar-refractivity contribution in [2.24, 2.45) is 5.84 Å². The molecule has 0 bridgehead atoms. The van der Waals surface area contributed by atoms with Crippen LogP contribution in [0.3, 0.4) is 0 Å². The monoisotopic (exact) mass is 140 g/mol. The maximum absolute atomic E-state index is 10.8. The average molecular weight is 140 g/mol. The third kappa shape index (κ3) is 1.06. The third-order valence-corrected chi connectivity index (χ3v) is 1.31. The van der Waals surface area contributed by atoms with Gasteiger partial charge in [-0.25, -0.2) is 10.9 Å². The molecule has 0 saturated heterocycles. The highest BCUT2D eigenvalue weighted by Gasteiger charge is 2.20. The molecule has 54 valence electrons. The van der Waals surface area contributed by atoms with Crippen molar-refractivity contribution < 1.29 is 9.59 Å². The lowest BCUT2D eigenvalue weighted by molar-refractivity contribution is -0.142. The van der Waals surface area contributed by atoms with Crippen molar-refractivity contribution in [1.29, 1.82) is 0 Å². The lowest BCUT2D eigenvalue weighted by Gasteiger charge is -2.17. The van der Waals surface area contributed by atoms with Gasteiger partial charge < -0.3 is 0 Å². The van der Waals surface area contributed by atoms with E-state index in [1.165, 1.54) is 6.08 Å². The first-order chi connectivity index (χ1) is 4.61. The number of hydrogen-bond donors (Lipinski definition) is 1. The molecule has 1 aliphatic rings. The van der Waals surface area contributed by atoms with Gasteiger partial charge in [-0.3, -0.25) is 9.59 Å². The van der Waals surface area contributed by atoms with Gasteiger partial charge in [0.05, 0.1) is 0 Å². The second kappa shape index (κ2) is 2.22. The lowest BCUT2D eigenvalue weighted by Crippen LogP contribution is -2.43. The fourth-order valence-corrected chi connectivity index (χ4v) is 0.778. The summed E-state index contributed by atoms with van der Waals surface area (Å²) in [5.74, 6) is 4.29. The van der Waals surface area contributed by atoms with Gasteiger partial charge in [-0.15, -0.1) is 0 Å². The third-order valence-electron chi connectivity index (χ3n) is 1.31. The van der Waals surface area contributed by atoms with Crippen LogP contribution in [-0.4, -0.2) is 16.8 Å². The summed E-state index contributed by atoms with van der Waals surface area (Å²) >= 11 is 0. The van der Waals surface area contributed by atoms with E-state index in [2.05, 4.69) is 0 Å². The predicted octanol–water partition coefficient (Wildman–Crippen LogP) is -0.435. The highest BCUT2D eigenvalue weighted by atomic mass is 16.2. The zero-order valence-electron chi connectivity index (χ0n) is 5.63. The van der Waals surface area contributed by atoms with Crippen LogP contribution in [0.4, 0.5) is 0 Å². The molecule has 0 fully saturated rings. The maximum atomic E-state index is 10.8. The Hall–Kier alpha value is -1.16. The van der Waals surface area contributed by atoms with Crippen molar-refractivity contribution in [3.63, 3.8) is 0 Å². The normalized spacial score (nSPS) is 19.4. The SMILES string of the molecule is CC1=CC(=O)N(N)C(=O)C1. The minimum absolute atomic E-state index is 0.252. The Morgan fingerprint density at radius 2 is 2.20 bits per heavy atom. The van der Waals surface area contributed by atoms with E-state index in [0.29, 0.717) is 5.01 Å². The molecule has 0 aromatic heterocycles. The zero-order chi connectivity index (χ0) is 7.72. The largest absolute Gasteiger partial charge is 0.273 e. The van der Waals surface area contributed by atoms with Crippen molar-refractivity contribution in [2.75, 3.05) is 0 Å². The highest BCUT2D eigenvalue weighted by Crippen LogP contribution is 2.08. The molecule has 1 heterocycles. The van der Waals surface area contributed by atoms with Crippen LogP contribution in [0.25, 0.3) is 0 Å². The summed E-state index contributed by atoms with van der Waals surface area (Å²) in [6.07, 6.45) is 1.61. The number of rotatable bonds is 0. The second-order valence-corrected chi connectivity index (χ2v) is 2.27. The first kappa shape index (κ1) is 6.95. The fourth-order valence-electron chi connectivity index (χ4n) is 0.778. The molecule has 2 N–H and O–H groups in total. The molecule has 0 radical (unpaired) electrons. The van der Waals surface area contributed by atoms with Gasteiger partial charge in [-0.05, 0) is 6.92 Å². The van der Waals surface area contributed by atoms with E-state index in [1.807, 2.05) is 0 Å². The molecule has 4 nitrogen and oxygen atoms in total. The van der Waals surface area contributed by atoms with Crippen molar-refractivity contribution in [3.05, 3.63) is 11.6 Å². The van der Waals surface area contributed by atoms with Crippen LogP contribution < -0.4 is 5.84 Å². The van der Waals surface area contributed by atoms with E-state index in [1.54, 1.807) is 6.92 Å². The van der Waals surface area contributed by atoms with E-state index < -0.39 is 5.91 Å².